The van der Waals surface area contributed by atoms with E-state index in [1.54, 1.807) is 25.2 Å². The van der Waals surface area contributed by atoms with Crippen molar-refractivity contribution in [2.45, 2.75) is 39.8 Å². The van der Waals surface area contributed by atoms with E-state index in [9.17, 15) is 14.4 Å². The number of nitrogens with zero attached hydrogens (tertiary/aromatic N) is 5. The van der Waals surface area contributed by atoms with Crippen molar-refractivity contribution in [1.82, 2.24) is 28.9 Å². The highest BCUT2D eigenvalue weighted by molar-refractivity contribution is 14.1. The summed E-state index contributed by atoms with van der Waals surface area (Å²) in [6.07, 6.45) is 1.38. The lowest BCUT2D eigenvalue weighted by molar-refractivity contribution is 0.0915. The SMILES string of the molecule is CCCn1c(=O)c2[nH]c(-c3cc(OCC(=O)c4ccc(I)cc4)n(C)n3)nc2n(CCC)c1=O. The van der Waals surface area contributed by atoms with Gasteiger partial charge in [0.15, 0.2) is 23.9 Å². The van der Waals surface area contributed by atoms with Gasteiger partial charge in [0.25, 0.3) is 5.56 Å². The lowest BCUT2D eigenvalue weighted by Gasteiger charge is -2.09. The van der Waals surface area contributed by atoms with Crippen LogP contribution < -0.4 is 16.0 Å². The first-order valence-electron chi connectivity index (χ1n) is 11.0. The van der Waals surface area contributed by atoms with Crippen molar-refractivity contribution in [2.75, 3.05) is 6.61 Å². The number of halogens is 1. The average molecular weight is 576 g/mol. The van der Waals surface area contributed by atoms with Crippen LogP contribution in [0.4, 0.5) is 0 Å². The van der Waals surface area contributed by atoms with E-state index >= 15 is 0 Å². The Morgan fingerprint density at radius 2 is 1.76 bits per heavy atom. The molecule has 3 aromatic heterocycles. The van der Waals surface area contributed by atoms with Crippen molar-refractivity contribution in [3.63, 3.8) is 0 Å². The molecule has 0 saturated carbocycles. The number of H-pyrrole nitrogens is 1. The molecule has 1 aromatic carbocycles. The molecule has 0 aliphatic heterocycles. The van der Waals surface area contributed by atoms with Gasteiger partial charge in [-0.3, -0.25) is 18.7 Å². The van der Waals surface area contributed by atoms with Crippen molar-refractivity contribution in [2.24, 2.45) is 7.05 Å². The second-order valence-electron chi connectivity index (χ2n) is 7.89. The number of aromatic nitrogens is 6. The monoisotopic (exact) mass is 576 g/mol. The maximum Gasteiger partial charge on any atom is 0.332 e. The Balaban J connectivity index is 1.65. The van der Waals surface area contributed by atoms with Crippen LogP contribution in [0.1, 0.15) is 37.0 Å². The number of imidazole rings is 1. The largest absolute Gasteiger partial charge is 0.469 e. The number of benzene rings is 1. The third-order valence-electron chi connectivity index (χ3n) is 5.35. The normalized spacial score (nSPS) is 11.3. The number of aryl methyl sites for hydroxylation is 2. The van der Waals surface area contributed by atoms with Crippen LogP contribution in [0.3, 0.4) is 0 Å². The molecule has 0 spiro atoms. The standard InChI is InChI=1S/C23H25IN6O4/c1-4-10-29-21-19(22(32)30(11-5-2)23(29)33)25-20(26-21)16-12-18(28(3)27-16)34-13-17(31)14-6-8-15(24)9-7-14/h6-9,12H,4-5,10-11,13H2,1-3H3,(H,25,26). The van der Waals surface area contributed by atoms with Crippen molar-refractivity contribution in [3.05, 3.63) is 60.3 Å². The second kappa shape index (κ2) is 9.95. The lowest BCUT2D eigenvalue weighted by Crippen LogP contribution is -2.40. The third-order valence-corrected chi connectivity index (χ3v) is 6.07. The van der Waals surface area contributed by atoms with Gasteiger partial charge in [-0.25, -0.2) is 14.5 Å². The summed E-state index contributed by atoms with van der Waals surface area (Å²) in [5.41, 5.74) is 0.811. The van der Waals surface area contributed by atoms with Gasteiger partial charge in [0, 0.05) is 35.3 Å². The van der Waals surface area contributed by atoms with Crippen molar-refractivity contribution in [1.29, 1.82) is 0 Å². The molecular formula is C23H25IN6O4. The van der Waals surface area contributed by atoms with Crippen LogP contribution in [0.25, 0.3) is 22.7 Å². The Hall–Kier alpha value is -3.22. The quantitative estimate of drug-likeness (QED) is 0.242. The van der Waals surface area contributed by atoms with E-state index in [0.29, 0.717) is 48.1 Å². The van der Waals surface area contributed by atoms with Gasteiger partial charge in [-0.1, -0.05) is 26.0 Å². The predicted molar refractivity (Wildman–Crippen MR) is 136 cm³/mol. The van der Waals surface area contributed by atoms with Crippen LogP contribution in [-0.2, 0) is 20.1 Å². The second-order valence-corrected chi connectivity index (χ2v) is 9.13. The maximum atomic E-state index is 12.9. The number of hydrogen-bond acceptors (Lipinski definition) is 6. The highest BCUT2D eigenvalue weighted by Crippen LogP contribution is 2.22. The maximum absolute atomic E-state index is 12.9. The molecule has 4 rings (SSSR count). The molecule has 0 unspecified atom stereocenters. The van der Waals surface area contributed by atoms with E-state index in [1.807, 2.05) is 26.0 Å². The Morgan fingerprint density at radius 1 is 1.09 bits per heavy atom. The molecule has 0 radical (unpaired) electrons. The molecule has 34 heavy (non-hydrogen) atoms. The molecule has 1 N–H and O–H groups in total. The number of fused-ring (bicyclic) bond motifs is 1. The van der Waals surface area contributed by atoms with Crippen LogP contribution in [0.15, 0.2) is 39.9 Å². The van der Waals surface area contributed by atoms with Crippen LogP contribution in [0.5, 0.6) is 5.88 Å². The fourth-order valence-electron chi connectivity index (χ4n) is 3.69. The summed E-state index contributed by atoms with van der Waals surface area (Å²) in [7, 11) is 1.69. The zero-order valence-electron chi connectivity index (χ0n) is 19.2. The summed E-state index contributed by atoms with van der Waals surface area (Å²) in [5, 5.41) is 4.41. The highest BCUT2D eigenvalue weighted by Gasteiger charge is 2.20. The zero-order valence-corrected chi connectivity index (χ0v) is 21.3. The number of ether oxygens (including phenoxy) is 1. The van der Waals surface area contributed by atoms with Crippen LogP contribution >= 0.6 is 22.6 Å². The topological polar surface area (TPSA) is 117 Å². The van der Waals surface area contributed by atoms with Crippen LogP contribution in [0.2, 0.25) is 0 Å². The molecule has 0 aliphatic carbocycles. The van der Waals surface area contributed by atoms with E-state index in [4.69, 9.17) is 4.74 Å². The molecule has 0 saturated heterocycles. The van der Waals surface area contributed by atoms with Gasteiger partial charge in [0.05, 0.1) is 0 Å². The van der Waals surface area contributed by atoms with E-state index in [0.717, 1.165) is 9.99 Å². The fourth-order valence-corrected chi connectivity index (χ4v) is 4.05. The van der Waals surface area contributed by atoms with E-state index < -0.39 is 5.56 Å². The van der Waals surface area contributed by atoms with E-state index in [1.165, 1.54) is 13.8 Å². The van der Waals surface area contributed by atoms with Crippen molar-refractivity contribution < 1.29 is 9.53 Å². The number of carbonyl (C=O) groups excluding carboxylic acids is 1. The Labute approximate surface area is 208 Å². The minimum absolute atomic E-state index is 0.141. The predicted octanol–water partition coefficient (Wildman–Crippen LogP) is 2.97. The summed E-state index contributed by atoms with van der Waals surface area (Å²) in [6, 6.07) is 8.90. The number of carbonyl (C=O) groups is 1. The molecule has 0 aliphatic rings. The fraction of sp³-hybridized carbons (Fsp3) is 0.348. The van der Waals surface area contributed by atoms with Gasteiger partial charge in [0.1, 0.15) is 11.2 Å². The smallest absolute Gasteiger partial charge is 0.332 e. The molecule has 0 bridgehead atoms. The Kier molecular flexibility index (Phi) is 7.00. The van der Waals surface area contributed by atoms with E-state index in [-0.39, 0.29) is 23.6 Å². The molecule has 0 atom stereocenters. The first-order valence-corrected chi connectivity index (χ1v) is 12.1. The van der Waals surface area contributed by atoms with Gasteiger partial charge in [-0.2, -0.15) is 5.10 Å². The minimum atomic E-state index is -0.400. The van der Waals surface area contributed by atoms with E-state index in [2.05, 4.69) is 37.7 Å². The average Bonchev–Trinajstić information content (AvgIpc) is 3.42. The molecule has 3 heterocycles. The number of nitrogens with one attached hydrogen (secondary N) is 1. The van der Waals surface area contributed by atoms with Gasteiger partial charge in [-0.15, -0.1) is 0 Å². The highest BCUT2D eigenvalue weighted by atomic mass is 127. The van der Waals surface area contributed by atoms with Gasteiger partial charge < -0.3 is 9.72 Å². The first-order chi connectivity index (χ1) is 16.3. The summed E-state index contributed by atoms with van der Waals surface area (Å²) >= 11 is 2.18. The Bertz CT molecular complexity index is 1460. The number of rotatable bonds is 9. The lowest BCUT2D eigenvalue weighted by atomic mass is 10.1. The number of Topliss-reactive ketones (excluding diaryl/α,β-unsaturated/α-hetero) is 1. The molecule has 0 fully saturated rings. The van der Waals surface area contributed by atoms with Crippen LogP contribution in [0, 0.1) is 3.57 Å². The molecule has 0 amide bonds. The van der Waals surface area contributed by atoms with Crippen molar-refractivity contribution >= 4 is 39.5 Å². The summed E-state index contributed by atoms with van der Waals surface area (Å²) in [4.78, 5) is 45.8. The summed E-state index contributed by atoms with van der Waals surface area (Å²) in [5.74, 6) is 0.576. The molecular weight excluding hydrogens is 551 g/mol. The number of aromatic amines is 1. The molecule has 10 nitrogen and oxygen atoms in total. The van der Waals surface area contributed by atoms with Gasteiger partial charge in [0.2, 0.25) is 5.88 Å². The molecule has 11 heteroatoms. The summed E-state index contributed by atoms with van der Waals surface area (Å²) < 4.78 is 11.0. The van der Waals surface area contributed by atoms with Crippen molar-refractivity contribution in [3.8, 4) is 17.4 Å². The first kappa shape index (κ1) is 23.9. The number of hydrogen-bond donors (Lipinski definition) is 1. The van der Waals surface area contributed by atoms with Gasteiger partial charge >= 0.3 is 5.69 Å². The Morgan fingerprint density at radius 3 is 2.44 bits per heavy atom. The zero-order chi connectivity index (χ0) is 24.4. The van der Waals surface area contributed by atoms with Gasteiger partial charge in [-0.05, 0) is 47.6 Å². The molecule has 4 aromatic rings. The number of ketones is 1. The molecule has 178 valence electrons. The third kappa shape index (κ3) is 4.56. The van der Waals surface area contributed by atoms with Crippen LogP contribution in [-0.4, -0.2) is 41.3 Å². The minimum Gasteiger partial charge on any atom is -0.469 e. The summed E-state index contributed by atoms with van der Waals surface area (Å²) in [6.45, 7) is 4.51.